The van der Waals surface area contributed by atoms with Crippen LogP contribution in [0.3, 0.4) is 0 Å². The predicted octanol–water partition coefficient (Wildman–Crippen LogP) is 3.06. The topological polar surface area (TPSA) is 29.5 Å². The molecule has 0 aliphatic rings. The van der Waals surface area contributed by atoms with Crippen molar-refractivity contribution in [1.29, 1.82) is 0 Å². The van der Waals surface area contributed by atoms with E-state index in [2.05, 4.69) is 0 Å². The number of hydrogen-bond donors (Lipinski definition) is 1. The molecule has 1 atom stereocenters. The molecule has 2 nitrogen and oxygen atoms in total. The Morgan fingerprint density at radius 2 is 2.19 bits per heavy atom. The summed E-state index contributed by atoms with van der Waals surface area (Å²) in [6.07, 6.45) is 1.91. The summed E-state index contributed by atoms with van der Waals surface area (Å²) in [6, 6.07) is 4.81. The van der Waals surface area contributed by atoms with Crippen LogP contribution in [0.2, 0.25) is 0 Å². The fourth-order valence-corrected chi connectivity index (χ4v) is 1.43. The Kier molecular flexibility index (Phi) is 5.26. The highest BCUT2D eigenvalue weighted by Crippen LogP contribution is 2.18. The van der Waals surface area contributed by atoms with Crippen molar-refractivity contribution in [1.82, 2.24) is 0 Å². The maximum absolute atomic E-state index is 13.2. The zero-order valence-electron chi connectivity index (χ0n) is 9.87. The van der Waals surface area contributed by atoms with Gasteiger partial charge < -0.3 is 9.84 Å². The summed E-state index contributed by atoms with van der Waals surface area (Å²) >= 11 is 0. The second-order valence-corrected chi connectivity index (χ2v) is 3.99. The van der Waals surface area contributed by atoms with Crippen LogP contribution in [0.4, 0.5) is 4.39 Å². The van der Waals surface area contributed by atoms with Crippen molar-refractivity contribution in [3.8, 4) is 5.75 Å². The number of aliphatic hydroxyl groups is 1. The molecule has 0 bridgehead atoms. The molecule has 0 saturated heterocycles. The molecule has 0 saturated carbocycles. The Morgan fingerprint density at radius 1 is 1.44 bits per heavy atom. The number of benzene rings is 1. The van der Waals surface area contributed by atoms with Crippen molar-refractivity contribution in [2.75, 3.05) is 6.61 Å². The molecule has 0 fully saturated rings. The van der Waals surface area contributed by atoms with Gasteiger partial charge in [-0.3, -0.25) is 0 Å². The standard InChI is InChI=1S/C13H19FO2/c1-3-11(15)5-4-8-16-13-9-10(2)6-7-12(13)14/h6-7,9,11,15H,3-5,8H2,1-2H3. The van der Waals surface area contributed by atoms with Gasteiger partial charge in [0.2, 0.25) is 0 Å². The van der Waals surface area contributed by atoms with Crippen LogP contribution in [0.5, 0.6) is 5.75 Å². The quantitative estimate of drug-likeness (QED) is 0.755. The molecule has 0 amide bonds. The number of halogens is 1. The van der Waals surface area contributed by atoms with Crippen molar-refractivity contribution in [2.45, 2.75) is 39.2 Å². The molecule has 0 aliphatic carbocycles. The van der Waals surface area contributed by atoms with E-state index in [0.717, 1.165) is 18.4 Å². The highest BCUT2D eigenvalue weighted by atomic mass is 19.1. The lowest BCUT2D eigenvalue weighted by Crippen LogP contribution is -2.07. The minimum atomic E-state index is -0.332. The van der Waals surface area contributed by atoms with Crippen LogP contribution in [0.15, 0.2) is 18.2 Å². The molecule has 0 heterocycles. The average Bonchev–Trinajstić information content (AvgIpc) is 2.28. The number of rotatable bonds is 6. The Bertz CT molecular complexity index is 326. The molecular weight excluding hydrogens is 207 g/mol. The average molecular weight is 226 g/mol. The molecule has 0 aliphatic heterocycles. The summed E-state index contributed by atoms with van der Waals surface area (Å²) in [5, 5.41) is 9.32. The first-order valence-corrected chi connectivity index (χ1v) is 5.70. The number of hydrogen-bond acceptors (Lipinski definition) is 2. The third kappa shape index (κ3) is 4.19. The fraction of sp³-hybridized carbons (Fsp3) is 0.538. The molecule has 0 spiro atoms. The Hall–Kier alpha value is -1.09. The van der Waals surface area contributed by atoms with Gasteiger partial charge in [0.15, 0.2) is 11.6 Å². The highest BCUT2D eigenvalue weighted by Gasteiger charge is 2.04. The number of ether oxygens (including phenoxy) is 1. The van der Waals surface area contributed by atoms with E-state index in [4.69, 9.17) is 4.74 Å². The van der Waals surface area contributed by atoms with Gasteiger partial charge in [-0.1, -0.05) is 13.0 Å². The molecule has 1 rings (SSSR count). The van der Waals surface area contributed by atoms with E-state index in [0.29, 0.717) is 18.8 Å². The summed E-state index contributed by atoms with van der Waals surface area (Å²) in [4.78, 5) is 0. The van der Waals surface area contributed by atoms with E-state index in [1.807, 2.05) is 13.8 Å². The van der Waals surface area contributed by atoms with Gasteiger partial charge in [-0.2, -0.15) is 0 Å². The second kappa shape index (κ2) is 6.48. The van der Waals surface area contributed by atoms with Crippen LogP contribution in [-0.4, -0.2) is 17.8 Å². The lowest BCUT2D eigenvalue weighted by Gasteiger charge is -2.10. The summed E-state index contributed by atoms with van der Waals surface area (Å²) in [5.74, 6) is -0.0346. The second-order valence-electron chi connectivity index (χ2n) is 3.99. The minimum Gasteiger partial charge on any atom is -0.491 e. The predicted molar refractivity (Wildman–Crippen MR) is 62.2 cm³/mol. The van der Waals surface area contributed by atoms with Gasteiger partial charge in [-0.05, 0) is 43.9 Å². The van der Waals surface area contributed by atoms with Crippen LogP contribution in [0.25, 0.3) is 0 Å². The van der Waals surface area contributed by atoms with Gasteiger partial charge in [0.25, 0.3) is 0 Å². The van der Waals surface area contributed by atoms with Gasteiger partial charge in [0.1, 0.15) is 0 Å². The zero-order valence-corrected chi connectivity index (χ0v) is 9.87. The molecule has 0 aromatic heterocycles. The van der Waals surface area contributed by atoms with Crippen molar-refractivity contribution in [3.63, 3.8) is 0 Å². The lowest BCUT2D eigenvalue weighted by atomic mass is 10.1. The third-order valence-corrected chi connectivity index (χ3v) is 2.50. The molecule has 90 valence electrons. The van der Waals surface area contributed by atoms with E-state index < -0.39 is 0 Å². The third-order valence-electron chi connectivity index (χ3n) is 2.50. The monoisotopic (exact) mass is 226 g/mol. The van der Waals surface area contributed by atoms with Gasteiger partial charge in [-0.15, -0.1) is 0 Å². The van der Waals surface area contributed by atoms with Gasteiger partial charge >= 0.3 is 0 Å². The summed E-state index contributed by atoms with van der Waals surface area (Å²) in [6.45, 7) is 4.27. The lowest BCUT2D eigenvalue weighted by molar-refractivity contribution is 0.148. The summed E-state index contributed by atoms with van der Waals surface area (Å²) in [5.41, 5.74) is 0.977. The highest BCUT2D eigenvalue weighted by molar-refractivity contribution is 5.29. The SMILES string of the molecule is CCC(O)CCCOc1cc(C)ccc1F. The van der Waals surface area contributed by atoms with Crippen molar-refractivity contribution in [3.05, 3.63) is 29.6 Å². The Morgan fingerprint density at radius 3 is 2.88 bits per heavy atom. The first-order valence-electron chi connectivity index (χ1n) is 5.70. The van der Waals surface area contributed by atoms with E-state index >= 15 is 0 Å². The Labute approximate surface area is 96.1 Å². The van der Waals surface area contributed by atoms with Crippen LogP contribution in [0, 0.1) is 12.7 Å². The normalized spacial score (nSPS) is 12.5. The number of aryl methyl sites for hydroxylation is 1. The fourth-order valence-electron chi connectivity index (χ4n) is 1.43. The molecule has 1 aromatic rings. The van der Waals surface area contributed by atoms with E-state index in [-0.39, 0.29) is 11.9 Å². The van der Waals surface area contributed by atoms with Gasteiger partial charge in [0.05, 0.1) is 12.7 Å². The summed E-state index contributed by atoms with van der Waals surface area (Å²) < 4.78 is 18.6. The van der Waals surface area contributed by atoms with Gasteiger partial charge in [-0.25, -0.2) is 4.39 Å². The molecule has 3 heteroatoms. The van der Waals surface area contributed by atoms with Crippen molar-refractivity contribution >= 4 is 0 Å². The summed E-state index contributed by atoms with van der Waals surface area (Å²) in [7, 11) is 0. The first kappa shape index (κ1) is 13.0. The minimum absolute atomic E-state index is 0.272. The van der Waals surface area contributed by atoms with Crippen LogP contribution in [-0.2, 0) is 0 Å². The maximum atomic E-state index is 13.2. The van der Waals surface area contributed by atoms with Crippen molar-refractivity contribution < 1.29 is 14.2 Å². The molecule has 16 heavy (non-hydrogen) atoms. The molecule has 0 radical (unpaired) electrons. The number of aliphatic hydroxyl groups excluding tert-OH is 1. The maximum Gasteiger partial charge on any atom is 0.165 e. The van der Waals surface area contributed by atoms with Crippen LogP contribution < -0.4 is 4.74 Å². The molecular formula is C13H19FO2. The zero-order chi connectivity index (χ0) is 12.0. The molecule has 1 N–H and O–H groups in total. The molecule has 1 unspecified atom stereocenters. The van der Waals surface area contributed by atoms with Crippen molar-refractivity contribution in [2.24, 2.45) is 0 Å². The first-order chi connectivity index (χ1) is 7.63. The molecule has 1 aromatic carbocycles. The van der Waals surface area contributed by atoms with Crippen LogP contribution in [0.1, 0.15) is 31.7 Å². The largest absolute Gasteiger partial charge is 0.491 e. The Balaban J connectivity index is 2.34. The van der Waals surface area contributed by atoms with Gasteiger partial charge in [0, 0.05) is 0 Å². The van der Waals surface area contributed by atoms with E-state index in [1.54, 1.807) is 12.1 Å². The van der Waals surface area contributed by atoms with E-state index in [1.165, 1.54) is 6.07 Å². The van der Waals surface area contributed by atoms with Crippen LogP contribution >= 0.6 is 0 Å². The smallest absolute Gasteiger partial charge is 0.165 e. The van der Waals surface area contributed by atoms with E-state index in [9.17, 15) is 9.50 Å².